The van der Waals surface area contributed by atoms with Gasteiger partial charge in [0.2, 0.25) is 0 Å². The second kappa shape index (κ2) is 4.35. The van der Waals surface area contributed by atoms with Gasteiger partial charge in [-0.25, -0.2) is 9.18 Å². The molecule has 0 aromatic carbocycles. The van der Waals surface area contributed by atoms with Gasteiger partial charge in [0.1, 0.15) is 12.3 Å². The monoisotopic (exact) mass is 218 g/mol. The summed E-state index contributed by atoms with van der Waals surface area (Å²) in [5.41, 5.74) is -1.32. The summed E-state index contributed by atoms with van der Waals surface area (Å²) in [5, 5.41) is 5.62. The summed E-state index contributed by atoms with van der Waals surface area (Å²) in [6.07, 6.45) is 0.0480. The molecule has 5 heteroatoms. The van der Waals surface area contributed by atoms with Crippen molar-refractivity contribution in [3.05, 3.63) is 0 Å². The molecule has 1 saturated heterocycles. The number of nitrogens with one attached hydrogen (secondary N) is 2. The van der Waals surface area contributed by atoms with Gasteiger partial charge in [0.25, 0.3) is 0 Å². The average Bonchev–Trinajstić information content (AvgIpc) is 2.50. The molecule has 1 rings (SSSR count). The molecule has 1 atom stereocenters. The van der Waals surface area contributed by atoms with Crippen LogP contribution in [0.5, 0.6) is 0 Å². The van der Waals surface area contributed by atoms with Crippen molar-refractivity contribution in [3.8, 4) is 0 Å². The number of rotatable bonds is 2. The first-order chi connectivity index (χ1) is 6.87. The van der Waals surface area contributed by atoms with Crippen LogP contribution in [0.3, 0.4) is 0 Å². The predicted octanol–water partition coefficient (Wildman–Crippen LogP) is 1.21. The van der Waals surface area contributed by atoms with E-state index >= 15 is 0 Å². The lowest BCUT2D eigenvalue weighted by molar-refractivity contribution is 0.0447. The van der Waals surface area contributed by atoms with Crippen LogP contribution in [0.4, 0.5) is 9.18 Å². The lowest BCUT2D eigenvalue weighted by atomic mass is 10.0. The van der Waals surface area contributed by atoms with E-state index in [0.717, 1.165) is 6.54 Å². The maximum Gasteiger partial charge on any atom is 0.408 e. The topological polar surface area (TPSA) is 50.4 Å². The first-order valence-electron chi connectivity index (χ1n) is 5.15. The summed E-state index contributed by atoms with van der Waals surface area (Å²) < 4.78 is 17.9. The summed E-state index contributed by atoms with van der Waals surface area (Å²) in [4.78, 5) is 11.5. The second-order valence-corrected chi connectivity index (χ2v) is 4.97. The highest BCUT2D eigenvalue weighted by Gasteiger charge is 2.36. The Morgan fingerprint density at radius 1 is 1.60 bits per heavy atom. The van der Waals surface area contributed by atoms with Crippen LogP contribution in [0, 0.1) is 0 Å². The van der Waals surface area contributed by atoms with Crippen molar-refractivity contribution in [3.63, 3.8) is 0 Å². The third-order valence-electron chi connectivity index (χ3n) is 2.27. The Morgan fingerprint density at radius 2 is 2.27 bits per heavy atom. The summed E-state index contributed by atoms with van der Waals surface area (Å²) in [6, 6.07) is 0. The van der Waals surface area contributed by atoms with Crippen LogP contribution in [0.1, 0.15) is 27.2 Å². The highest BCUT2D eigenvalue weighted by molar-refractivity contribution is 5.69. The molecule has 0 unspecified atom stereocenters. The van der Waals surface area contributed by atoms with E-state index < -0.39 is 23.9 Å². The van der Waals surface area contributed by atoms with Gasteiger partial charge in [-0.15, -0.1) is 0 Å². The number of halogens is 1. The number of hydrogen-bond acceptors (Lipinski definition) is 3. The maximum absolute atomic E-state index is 12.8. The molecular formula is C10H19FN2O2. The zero-order valence-electron chi connectivity index (χ0n) is 9.52. The molecule has 88 valence electrons. The Bertz CT molecular complexity index is 232. The van der Waals surface area contributed by atoms with Crippen LogP contribution >= 0.6 is 0 Å². The van der Waals surface area contributed by atoms with E-state index in [1.807, 2.05) is 0 Å². The van der Waals surface area contributed by atoms with E-state index in [1.165, 1.54) is 0 Å². The Hall–Kier alpha value is -0.840. The van der Waals surface area contributed by atoms with Gasteiger partial charge in [-0.3, -0.25) is 0 Å². The van der Waals surface area contributed by atoms with Crippen LogP contribution in [-0.2, 0) is 4.74 Å². The number of alkyl halides is 1. The smallest absolute Gasteiger partial charge is 0.408 e. The van der Waals surface area contributed by atoms with Crippen LogP contribution in [0.25, 0.3) is 0 Å². The van der Waals surface area contributed by atoms with Crippen LogP contribution in [-0.4, -0.2) is 37.0 Å². The van der Waals surface area contributed by atoms with Gasteiger partial charge >= 0.3 is 6.09 Å². The molecule has 0 spiro atoms. The Labute approximate surface area is 89.6 Å². The fourth-order valence-corrected chi connectivity index (χ4v) is 1.52. The number of carbonyl (C=O) groups excluding carboxylic acids is 1. The van der Waals surface area contributed by atoms with E-state index in [9.17, 15) is 9.18 Å². The minimum absolute atomic E-state index is 0.461. The molecule has 0 aromatic heterocycles. The Morgan fingerprint density at radius 3 is 2.67 bits per heavy atom. The van der Waals surface area contributed by atoms with E-state index in [0.29, 0.717) is 13.0 Å². The molecule has 0 radical (unpaired) electrons. The third kappa shape index (κ3) is 3.66. The quantitative estimate of drug-likeness (QED) is 0.732. The van der Waals surface area contributed by atoms with Crippen LogP contribution < -0.4 is 10.6 Å². The molecule has 15 heavy (non-hydrogen) atoms. The average molecular weight is 218 g/mol. The summed E-state index contributed by atoms with van der Waals surface area (Å²) >= 11 is 0. The van der Waals surface area contributed by atoms with Gasteiger partial charge in [0.15, 0.2) is 0 Å². The molecule has 1 heterocycles. The first-order valence-corrected chi connectivity index (χ1v) is 5.15. The molecule has 1 aliphatic heterocycles. The number of alkyl carbamates (subject to hydrolysis) is 1. The van der Waals surface area contributed by atoms with Gasteiger partial charge in [-0.1, -0.05) is 0 Å². The summed E-state index contributed by atoms with van der Waals surface area (Å²) in [6.45, 7) is 5.95. The predicted molar refractivity (Wildman–Crippen MR) is 55.6 cm³/mol. The maximum atomic E-state index is 12.8. The number of hydrogen-bond donors (Lipinski definition) is 2. The van der Waals surface area contributed by atoms with Crippen LogP contribution in [0.2, 0.25) is 0 Å². The molecule has 0 saturated carbocycles. The van der Waals surface area contributed by atoms with E-state index in [1.54, 1.807) is 20.8 Å². The SMILES string of the molecule is CC(C)(C)OC(=O)N[C@@]1(CF)CCNC1. The van der Waals surface area contributed by atoms with Crippen molar-refractivity contribution in [2.24, 2.45) is 0 Å². The molecular weight excluding hydrogens is 199 g/mol. The molecule has 1 amide bonds. The van der Waals surface area contributed by atoms with Crippen LogP contribution in [0.15, 0.2) is 0 Å². The minimum atomic E-state index is -0.775. The van der Waals surface area contributed by atoms with E-state index in [-0.39, 0.29) is 0 Å². The van der Waals surface area contributed by atoms with Gasteiger partial charge in [0, 0.05) is 6.54 Å². The molecule has 0 aliphatic carbocycles. The van der Waals surface area contributed by atoms with Crippen molar-refractivity contribution in [1.82, 2.24) is 10.6 Å². The van der Waals surface area contributed by atoms with Gasteiger partial charge in [0.05, 0.1) is 5.54 Å². The van der Waals surface area contributed by atoms with E-state index in [2.05, 4.69) is 10.6 Å². The highest BCUT2D eigenvalue weighted by Crippen LogP contribution is 2.16. The Balaban J connectivity index is 2.49. The number of carbonyl (C=O) groups is 1. The Kier molecular flexibility index (Phi) is 3.54. The van der Waals surface area contributed by atoms with Gasteiger partial charge in [-0.2, -0.15) is 0 Å². The normalized spacial score (nSPS) is 26.4. The molecule has 2 N–H and O–H groups in total. The number of amides is 1. The fraction of sp³-hybridized carbons (Fsp3) is 0.900. The highest BCUT2D eigenvalue weighted by atomic mass is 19.1. The largest absolute Gasteiger partial charge is 0.444 e. The number of ether oxygens (including phenoxy) is 1. The van der Waals surface area contributed by atoms with Crippen molar-refractivity contribution in [2.75, 3.05) is 19.8 Å². The van der Waals surface area contributed by atoms with E-state index in [4.69, 9.17) is 4.74 Å². The molecule has 0 aromatic rings. The van der Waals surface area contributed by atoms with Gasteiger partial charge < -0.3 is 15.4 Å². The van der Waals surface area contributed by atoms with Crippen molar-refractivity contribution < 1.29 is 13.9 Å². The zero-order chi connectivity index (χ0) is 11.5. The molecule has 4 nitrogen and oxygen atoms in total. The third-order valence-corrected chi connectivity index (χ3v) is 2.27. The lowest BCUT2D eigenvalue weighted by Gasteiger charge is -2.28. The zero-order valence-corrected chi connectivity index (χ0v) is 9.52. The molecule has 0 bridgehead atoms. The molecule has 1 aliphatic rings. The fourth-order valence-electron chi connectivity index (χ4n) is 1.52. The van der Waals surface area contributed by atoms with Crippen molar-refractivity contribution in [1.29, 1.82) is 0 Å². The van der Waals surface area contributed by atoms with Gasteiger partial charge in [-0.05, 0) is 33.7 Å². The summed E-state index contributed by atoms with van der Waals surface area (Å²) in [7, 11) is 0. The van der Waals surface area contributed by atoms with Crippen molar-refractivity contribution in [2.45, 2.75) is 38.3 Å². The standard InChI is InChI=1S/C10H19FN2O2/c1-9(2,3)15-8(14)13-10(6-11)4-5-12-7-10/h12H,4-7H2,1-3H3,(H,13,14)/t10-/m1/s1. The lowest BCUT2D eigenvalue weighted by Crippen LogP contribution is -2.53. The first kappa shape index (κ1) is 12.2. The van der Waals surface area contributed by atoms with Crippen molar-refractivity contribution >= 4 is 6.09 Å². The minimum Gasteiger partial charge on any atom is -0.444 e. The summed E-state index contributed by atoms with van der Waals surface area (Å²) in [5.74, 6) is 0. The molecule has 1 fully saturated rings. The second-order valence-electron chi connectivity index (χ2n) is 4.97.